The van der Waals surface area contributed by atoms with Crippen molar-refractivity contribution in [3.63, 3.8) is 0 Å². The molecule has 1 aromatic carbocycles. The van der Waals surface area contributed by atoms with Crippen LogP contribution in [-0.2, 0) is 16.1 Å². The summed E-state index contributed by atoms with van der Waals surface area (Å²) >= 11 is 0. The van der Waals surface area contributed by atoms with Gasteiger partial charge in [-0.15, -0.1) is 0 Å². The third-order valence-corrected chi connectivity index (χ3v) is 3.30. The molecule has 0 aliphatic heterocycles. The summed E-state index contributed by atoms with van der Waals surface area (Å²) in [6.07, 6.45) is 1.20. The number of nitrogens with one attached hydrogen (secondary N) is 1. The molecule has 122 valence electrons. The third-order valence-electron chi connectivity index (χ3n) is 3.30. The van der Waals surface area contributed by atoms with Crippen LogP contribution in [0.2, 0.25) is 0 Å². The Labute approximate surface area is 133 Å². The maximum Gasteiger partial charge on any atom is 0.244 e. The molecule has 0 saturated carbocycles. The summed E-state index contributed by atoms with van der Waals surface area (Å²) in [4.78, 5) is 37.1. The van der Waals surface area contributed by atoms with Crippen molar-refractivity contribution < 1.29 is 9.59 Å². The summed E-state index contributed by atoms with van der Waals surface area (Å²) in [5.41, 5.74) is 0.405. The largest absolute Gasteiger partial charge is 0.352 e. The number of aromatic nitrogens is 2. The number of para-hydroxylation sites is 1. The molecule has 0 fully saturated rings. The van der Waals surface area contributed by atoms with Crippen molar-refractivity contribution >= 4 is 22.7 Å². The van der Waals surface area contributed by atoms with Crippen LogP contribution in [0.5, 0.6) is 0 Å². The van der Waals surface area contributed by atoms with Gasteiger partial charge in [0.2, 0.25) is 17.2 Å². The van der Waals surface area contributed by atoms with E-state index >= 15 is 0 Å². The second-order valence-electron chi connectivity index (χ2n) is 5.66. The summed E-state index contributed by atoms with van der Waals surface area (Å²) in [6.45, 7) is 3.66. The predicted octanol–water partition coefficient (Wildman–Crippen LogP) is 0.380. The van der Waals surface area contributed by atoms with Gasteiger partial charge in [-0.2, -0.15) is 5.10 Å². The minimum absolute atomic E-state index is 0.0187. The van der Waals surface area contributed by atoms with Gasteiger partial charge in [0.05, 0.1) is 18.3 Å². The molecule has 0 saturated heterocycles. The number of nitrogens with zero attached hydrogens (tertiary/aromatic N) is 3. The fraction of sp³-hybridized carbons (Fsp3) is 0.375. The zero-order chi connectivity index (χ0) is 17.0. The Balaban J connectivity index is 2.13. The molecule has 0 atom stereocenters. The van der Waals surface area contributed by atoms with Crippen LogP contribution in [0.4, 0.5) is 0 Å². The molecular formula is C16H20N4O3. The van der Waals surface area contributed by atoms with Crippen molar-refractivity contribution in [3.8, 4) is 0 Å². The normalized spacial score (nSPS) is 10.8. The van der Waals surface area contributed by atoms with Gasteiger partial charge < -0.3 is 10.2 Å². The first-order valence-corrected chi connectivity index (χ1v) is 7.36. The number of carbonyl (C=O) groups excluding carboxylic acids is 2. The molecule has 1 heterocycles. The minimum Gasteiger partial charge on any atom is -0.352 e. The molecular weight excluding hydrogens is 296 g/mol. The Morgan fingerprint density at radius 1 is 1.30 bits per heavy atom. The molecule has 2 rings (SSSR count). The molecule has 0 spiro atoms. The number of hydrogen-bond acceptors (Lipinski definition) is 4. The molecule has 2 aromatic rings. The first-order chi connectivity index (χ1) is 10.9. The summed E-state index contributed by atoms with van der Waals surface area (Å²) in [5.74, 6) is -0.473. The quantitative estimate of drug-likeness (QED) is 0.864. The second kappa shape index (κ2) is 7.04. The average Bonchev–Trinajstić information content (AvgIpc) is 2.49. The van der Waals surface area contributed by atoms with Gasteiger partial charge in [-0.25, -0.2) is 0 Å². The fourth-order valence-corrected chi connectivity index (χ4v) is 2.21. The Bertz CT molecular complexity index is 782. The van der Waals surface area contributed by atoms with Crippen molar-refractivity contribution in [2.45, 2.75) is 26.4 Å². The highest BCUT2D eigenvalue weighted by Gasteiger charge is 2.15. The molecule has 1 aromatic heterocycles. The number of rotatable bonds is 5. The van der Waals surface area contributed by atoms with E-state index in [0.29, 0.717) is 10.9 Å². The first-order valence-electron chi connectivity index (χ1n) is 7.36. The third kappa shape index (κ3) is 4.15. The smallest absolute Gasteiger partial charge is 0.244 e. The van der Waals surface area contributed by atoms with E-state index in [1.165, 1.54) is 15.8 Å². The van der Waals surface area contributed by atoms with Crippen molar-refractivity contribution in [2.24, 2.45) is 0 Å². The van der Waals surface area contributed by atoms with Crippen molar-refractivity contribution in [1.82, 2.24) is 20.0 Å². The molecule has 0 aliphatic rings. The maximum absolute atomic E-state index is 12.3. The number of carbonyl (C=O) groups is 2. The van der Waals surface area contributed by atoms with Gasteiger partial charge in [-0.05, 0) is 26.0 Å². The highest BCUT2D eigenvalue weighted by atomic mass is 16.2. The topological polar surface area (TPSA) is 84.3 Å². The zero-order valence-corrected chi connectivity index (χ0v) is 13.4. The molecule has 0 radical (unpaired) electrons. The van der Waals surface area contributed by atoms with E-state index in [1.807, 2.05) is 13.8 Å². The molecule has 0 bridgehead atoms. The van der Waals surface area contributed by atoms with Crippen molar-refractivity contribution in [2.75, 3.05) is 13.6 Å². The highest BCUT2D eigenvalue weighted by Crippen LogP contribution is 2.08. The Kier molecular flexibility index (Phi) is 5.10. The van der Waals surface area contributed by atoms with Gasteiger partial charge in [0.1, 0.15) is 6.54 Å². The summed E-state index contributed by atoms with van der Waals surface area (Å²) in [5, 5.41) is 7.26. The molecule has 7 heteroatoms. The minimum atomic E-state index is -0.259. The van der Waals surface area contributed by atoms with Gasteiger partial charge in [0, 0.05) is 18.5 Å². The van der Waals surface area contributed by atoms with Crippen LogP contribution in [0.3, 0.4) is 0 Å². The van der Waals surface area contributed by atoms with Crippen LogP contribution in [0.1, 0.15) is 13.8 Å². The zero-order valence-electron chi connectivity index (χ0n) is 13.4. The Morgan fingerprint density at radius 3 is 2.70 bits per heavy atom. The molecule has 1 N–H and O–H groups in total. The summed E-state index contributed by atoms with van der Waals surface area (Å²) < 4.78 is 1.47. The van der Waals surface area contributed by atoms with Crippen LogP contribution in [-0.4, -0.2) is 46.1 Å². The molecule has 2 amide bonds. The van der Waals surface area contributed by atoms with E-state index in [9.17, 15) is 14.4 Å². The number of hydrogen-bond donors (Lipinski definition) is 1. The SMILES string of the molecule is CC(C)NC(=O)CN(C)C(=O)Cn1ncc(=O)c2ccccc21. The lowest BCUT2D eigenvalue weighted by atomic mass is 10.2. The first kappa shape index (κ1) is 16.7. The lowest BCUT2D eigenvalue weighted by Gasteiger charge is -2.18. The standard InChI is InChI=1S/C16H20N4O3/c1-11(2)18-15(22)9-19(3)16(23)10-20-13-7-5-4-6-12(13)14(21)8-17-20/h4-8,11H,9-10H2,1-3H3,(H,18,22). The van der Waals surface area contributed by atoms with Crippen molar-refractivity contribution in [3.05, 3.63) is 40.7 Å². The van der Waals surface area contributed by atoms with Crippen LogP contribution in [0.25, 0.3) is 10.9 Å². The molecule has 7 nitrogen and oxygen atoms in total. The van der Waals surface area contributed by atoms with E-state index in [0.717, 1.165) is 0 Å². The van der Waals surface area contributed by atoms with Crippen LogP contribution >= 0.6 is 0 Å². The Morgan fingerprint density at radius 2 is 2.00 bits per heavy atom. The second-order valence-corrected chi connectivity index (χ2v) is 5.66. The number of amides is 2. The fourth-order valence-electron chi connectivity index (χ4n) is 2.21. The van der Waals surface area contributed by atoms with Crippen LogP contribution < -0.4 is 10.7 Å². The highest BCUT2D eigenvalue weighted by molar-refractivity contribution is 5.85. The summed E-state index contributed by atoms with van der Waals surface area (Å²) in [7, 11) is 1.56. The van der Waals surface area contributed by atoms with Crippen molar-refractivity contribution in [1.29, 1.82) is 0 Å². The van der Waals surface area contributed by atoms with E-state index in [2.05, 4.69) is 10.4 Å². The lowest BCUT2D eigenvalue weighted by molar-refractivity contribution is -0.135. The van der Waals surface area contributed by atoms with Gasteiger partial charge in [-0.1, -0.05) is 12.1 Å². The number of benzene rings is 1. The van der Waals surface area contributed by atoms with Gasteiger partial charge in [0.15, 0.2) is 0 Å². The van der Waals surface area contributed by atoms with E-state index in [4.69, 9.17) is 0 Å². The average molecular weight is 316 g/mol. The van der Waals surface area contributed by atoms with Crippen LogP contribution in [0.15, 0.2) is 35.3 Å². The predicted molar refractivity (Wildman–Crippen MR) is 86.9 cm³/mol. The van der Waals surface area contributed by atoms with Gasteiger partial charge >= 0.3 is 0 Å². The molecule has 23 heavy (non-hydrogen) atoms. The van der Waals surface area contributed by atoms with Gasteiger partial charge in [-0.3, -0.25) is 19.1 Å². The maximum atomic E-state index is 12.3. The lowest BCUT2D eigenvalue weighted by Crippen LogP contribution is -2.42. The molecule has 0 aliphatic carbocycles. The number of fused-ring (bicyclic) bond motifs is 1. The van der Waals surface area contributed by atoms with E-state index in [1.54, 1.807) is 31.3 Å². The Hall–Kier alpha value is -2.70. The summed E-state index contributed by atoms with van der Waals surface area (Å²) in [6, 6.07) is 7.00. The molecule has 0 unspecified atom stereocenters. The van der Waals surface area contributed by atoms with E-state index in [-0.39, 0.29) is 36.4 Å². The number of likely N-dealkylation sites (N-methyl/N-ethyl adjacent to an activating group) is 1. The van der Waals surface area contributed by atoms with Crippen LogP contribution in [0, 0.1) is 0 Å². The van der Waals surface area contributed by atoms with E-state index < -0.39 is 0 Å². The monoisotopic (exact) mass is 316 g/mol. The van der Waals surface area contributed by atoms with Gasteiger partial charge in [0.25, 0.3) is 0 Å².